The molecular weight excluding hydrogens is 398 g/mol. The number of aryl methyl sites for hydroxylation is 1. The number of nitrogens with one attached hydrogen (secondary N) is 1. The molecule has 1 aliphatic rings. The van der Waals surface area contributed by atoms with Crippen molar-refractivity contribution in [3.8, 4) is 0 Å². The summed E-state index contributed by atoms with van der Waals surface area (Å²) in [6, 6.07) is 17.3. The summed E-state index contributed by atoms with van der Waals surface area (Å²) in [5.41, 5.74) is 3.76. The van der Waals surface area contributed by atoms with Crippen LogP contribution >= 0.6 is 0 Å². The van der Waals surface area contributed by atoms with Crippen LogP contribution in [0.2, 0.25) is 0 Å². The Morgan fingerprint density at radius 3 is 2.60 bits per heavy atom. The van der Waals surface area contributed by atoms with Crippen molar-refractivity contribution < 1.29 is 13.2 Å². The molecule has 0 unspecified atom stereocenters. The highest BCUT2D eigenvalue weighted by atomic mass is 32.2. The largest absolute Gasteiger partial charge is 0.346 e. The Morgan fingerprint density at radius 2 is 1.90 bits per heavy atom. The van der Waals surface area contributed by atoms with Crippen molar-refractivity contribution in [3.05, 3.63) is 89.2 Å². The topological polar surface area (TPSA) is 79.4 Å². The summed E-state index contributed by atoms with van der Waals surface area (Å²) in [6.07, 6.45) is 2.24. The van der Waals surface area contributed by atoms with Crippen molar-refractivity contribution in [1.82, 2.24) is 10.3 Å². The minimum atomic E-state index is -3.67. The number of amides is 1. The second kappa shape index (κ2) is 7.91. The minimum Gasteiger partial charge on any atom is -0.346 e. The standard InChI is InChI=1S/C23H23N3O3S/c1-16-6-9-21(10-7-16)30(28,29)26-17(2)13-19-14-18(8-11-22(19)26)23(27)25-15-20-5-3-4-12-24-20/h3-12,14,17H,13,15H2,1-2H3,(H,25,27)/t17-/m0/s1. The molecule has 0 saturated heterocycles. The van der Waals surface area contributed by atoms with Crippen LogP contribution in [-0.4, -0.2) is 25.4 Å². The van der Waals surface area contributed by atoms with Gasteiger partial charge in [-0.2, -0.15) is 0 Å². The van der Waals surface area contributed by atoms with E-state index in [2.05, 4.69) is 10.3 Å². The van der Waals surface area contributed by atoms with Gasteiger partial charge >= 0.3 is 0 Å². The van der Waals surface area contributed by atoms with Crippen molar-refractivity contribution in [2.75, 3.05) is 4.31 Å². The number of sulfonamides is 1. The maximum absolute atomic E-state index is 13.2. The van der Waals surface area contributed by atoms with Crippen molar-refractivity contribution >= 4 is 21.6 Å². The molecule has 154 valence electrons. The number of benzene rings is 2. The van der Waals surface area contributed by atoms with Crippen molar-refractivity contribution in [3.63, 3.8) is 0 Å². The van der Waals surface area contributed by atoms with E-state index in [0.717, 1.165) is 16.8 Å². The summed E-state index contributed by atoms with van der Waals surface area (Å²) < 4.78 is 27.9. The number of fused-ring (bicyclic) bond motifs is 1. The summed E-state index contributed by atoms with van der Waals surface area (Å²) in [5.74, 6) is -0.212. The number of hydrogen-bond donors (Lipinski definition) is 1. The van der Waals surface area contributed by atoms with Gasteiger partial charge in [0.15, 0.2) is 0 Å². The second-order valence-corrected chi connectivity index (χ2v) is 9.33. The average Bonchev–Trinajstić information content (AvgIpc) is 3.08. The molecule has 0 spiro atoms. The maximum atomic E-state index is 13.2. The monoisotopic (exact) mass is 421 g/mol. The molecule has 2 aromatic carbocycles. The first-order valence-corrected chi connectivity index (χ1v) is 11.2. The third kappa shape index (κ3) is 3.80. The Labute approximate surface area is 176 Å². The first-order valence-electron chi connectivity index (χ1n) is 9.78. The molecule has 2 heterocycles. The summed E-state index contributed by atoms with van der Waals surface area (Å²) >= 11 is 0. The Morgan fingerprint density at radius 1 is 1.13 bits per heavy atom. The zero-order valence-corrected chi connectivity index (χ0v) is 17.7. The highest BCUT2D eigenvalue weighted by Crippen LogP contribution is 2.37. The number of carbonyl (C=O) groups excluding carboxylic acids is 1. The van der Waals surface area contributed by atoms with E-state index >= 15 is 0 Å². The zero-order chi connectivity index (χ0) is 21.3. The van der Waals surface area contributed by atoms with E-state index < -0.39 is 10.0 Å². The van der Waals surface area contributed by atoms with Crippen LogP contribution in [0.5, 0.6) is 0 Å². The number of pyridine rings is 1. The molecule has 0 aliphatic carbocycles. The summed E-state index contributed by atoms with van der Waals surface area (Å²) in [6.45, 7) is 4.14. The number of nitrogens with zero attached hydrogens (tertiary/aromatic N) is 2. The summed E-state index contributed by atoms with van der Waals surface area (Å²) in [7, 11) is -3.67. The molecule has 0 fully saturated rings. The van der Waals surface area contributed by atoms with Crippen LogP contribution < -0.4 is 9.62 Å². The molecule has 0 bridgehead atoms. The number of hydrogen-bond acceptors (Lipinski definition) is 4. The van der Waals surface area contributed by atoms with Gasteiger partial charge in [0.2, 0.25) is 0 Å². The van der Waals surface area contributed by atoms with E-state index in [-0.39, 0.29) is 16.8 Å². The molecule has 7 heteroatoms. The van der Waals surface area contributed by atoms with E-state index in [1.807, 2.05) is 32.0 Å². The Balaban J connectivity index is 1.57. The lowest BCUT2D eigenvalue weighted by Crippen LogP contribution is -2.35. The molecule has 1 amide bonds. The number of anilines is 1. The van der Waals surface area contributed by atoms with Crippen molar-refractivity contribution in [2.24, 2.45) is 0 Å². The van der Waals surface area contributed by atoms with E-state index in [0.29, 0.717) is 24.2 Å². The van der Waals surface area contributed by atoms with Crippen LogP contribution in [0.25, 0.3) is 0 Å². The lowest BCUT2D eigenvalue weighted by Gasteiger charge is -2.24. The lowest BCUT2D eigenvalue weighted by atomic mass is 10.1. The third-order valence-electron chi connectivity index (χ3n) is 5.23. The predicted octanol–water partition coefficient (Wildman–Crippen LogP) is 3.46. The first-order chi connectivity index (χ1) is 14.4. The molecule has 1 N–H and O–H groups in total. The highest BCUT2D eigenvalue weighted by Gasteiger charge is 2.36. The third-order valence-corrected chi connectivity index (χ3v) is 7.17. The SMILES string of the molecule is Cc1ccc(S(=O)(=O)N2c3ccc(C(=O)NCc4ccccn4)cc3C[C@@H]2C)cc1. The van der Waals surface area contributed by atoms with Gasteiger partial charge in [-0.25, -0.2) is 8.42 Å². The van der Waals surface area contributed by atoms with Gasteiger partial charge in [-0.3, -0.25) is 14.1 Å². The molecule has 0 saturated carbocycles. The van der Waals surface area contributed by atoms with E-state index in [4.69, 9.17) is 0 Å². The van der Waals surface area contributed by atoms with Crippen LogP contribution in [0.3, 0.4) is 0 Å². The summed E-state index contributed by atoms with van der Waals surface area (Å²) in [4.78, 5) is 17.0. The van der Waals surface area contributed by atoms with Crippen LogP contribution in [0.4, 0.5) is 5.69 Å². The molecule has 6 nitrogen and oxygen atoms in total. The van der Waals surface area contributed by atoms with Gasteiger partial charge in [-0.15, -0.1) is 0 Å². The molecule has 0 radical (unpaired) electrons. The molecule has 1 aliphatic heterocycles. The number of carbonyl (C=O) groups is 1. The first kappa shape index (κ1) is 20.1. The second-order valence-electron chi connectivity index (χ2n) is 7.51. The van der Waals surface area contributed by atoms with Crippen molar-refractivity contribution in [1.29, 1.82) is 0 Å². The van der Waals surface area contributed by atoms with Gasteiger partial charge in [0, 0.05) is 17.8 Å². The van der Waals surface area contributed by atoms with Crippen molar-refractivity contribution in [2.45, 2.75) is 37.8 Å². The fraction of sp³-hybridized carbons (Fsp3) is 0.217. The van der Waals surface area contributed by atoms with E-state index in [1.165, 1.54) is 4.31 Å². The average molecular weight is 422 g/mol. The molecule has 3 aromatic rings. The van der Waals surface area contributed by atoms with Crippen LogP contribution in [0, 0.1) is 6.92 Å². The Hall–Kier alpha value is -3.19. The Bertz CT molecular complexity index is 1180. The van der Waals surface area contributed by atoms with Gasteiger partial charge in [0.25, 0.3) is 15.9 Å². The van der Waals surface area contributed by atoms with Gasteiger partial charge in [-0.05, 0) is 68.3 Å². The van der Waals surface area contributed by atoms with Gasteiger partial charge in [0.05, 0.1) is 22.8 Å². The molecule has 1 aromatic heterocycles. The smallest absolute Gasteiger partial charge is 0.264 e. The highest BCUT2D eigenvalue weighted by molar-refractivity contribution is 7.92. The fourth-order valence-electron chi connectivity index (χ4n) is 3.71. The molecule has 1 atom stereocenters. The molecular formula is C23H23N3O3S. The maximum Gasteiger partial charge on any atom is 0.264 e. The number of rotatable bonds is 5. The van der Waals surface area contributed by atoms with Crippen LogP contribution in [0.1, 0.15) is 34.1 Å². The van der Waals surface area contributed by atoms with Gasteiger partial charge in [0.1, 0.15) is 0 Å². The number of aromatic nitrogens is 1. The zero-order valence-electron chi connectivity index (χ0n) is 16.9. The van der Waals surface area contributed by atoms with Gasteiger partial charge in [-0.1, -0.05) is 23.8 Å². The van der Waals surface area contributed by atoms with E-state index in [1.54, 1.807) is 48.7 Å². The van der Waals surface area contributed by atoms with Crippen LogP contribution in [-0.2, 0) is 23.0 Å². The molecule has 30 heavy (non-hydrogen) atoms. The fourth-order valence-corrected chi connectivity index (χ4v) is 5.40. The molecule has 4 rings (SSSR count). The Kier molecular flexibility index (Phi) is 5.30. The minimum absolute atomic E-state index is 0.212. The van der Waals surface area contributed by atoms with E-state index in [9.17, 15) is 13.2 Å². The quantitative estimate of drug-likeness (QED) is 0.684. The summed E-state index contributed by atoms with van der Waals surface area (Å²) in [5, 5.41) is 2.86. The normalized spacial score (nSPS) is 15.7. The van der Waals surface area contributed by atoms with Gasteiger partial charge < -0.3 is 5.32 Å². The van der Waals surface area contributed by atoms with Crippen LogP contribution in [0.15, 0.2) is 71.8 Å². The predicted molar refractivity (Wildman–Crippen MR) is 116 cm³/mol. The lowest BCUT2D eigenvalue weighted by molar-refractivity contribution is 0.0950.